The number of nitrogens with one attached hydrogen (secondary N) is 4. The zero-order valence-corrected chi connectivity index (χ0v) is 19.0. The van der Waals surface area contributed by atoms with Gasteiger partial charge in [0, 0.05) is 0 Å². The summed E-state index contributed by atoms with van der Waals surface area (Å²) in [6, 6.07) is 17.7. The van der Waals surface area contributed by atoms with Crippen molar-refractivity contribution in [2.75, 3.05) is 13.1 Å². The van der Waals surface area contributed by atoms with Crippen molar-refractivity contribution in [3.8, 4) is 33.6 Å². The highest BCUT2D eigenvalue weighted by atomic mass is 15.1. The van der Waals surface area contributed by atoms with E-state index in [2.05, 4.69) is 86.0 Å². The monoisotopic (exact) mass is 438 g/mol. The van der Waals surface area contributed by atoms with E-state index in [1.54, 1.807) is 0 Å². The summed E-state index contributed by atoms with van der Waals surface area (Å²) in [4.78, 5) is 16.3. The summed E-state index contributed by atoms with van der Waals surface area (Å²) in [5, 5.41) is 7.07. The Hall–Kier alpha value is -3.22. The minimum absolute atomic E-state index is 0.0387. The fourth-order valence-electron chi connectivity index (χ4n) is 5.11. The summed E-state index contributed by atoms with van der Waals surface area (Å²) < 4.78 is 0. The molecule has 6 heteroatoms. The molecule has 2 aliphatic heterocycles. The molecule has 4 aromatic rings. The Kier molecular flexibility index (Phi) is 5.12. The van der Waals surface area contributed by atoms with Crippen LogP contribution in [0.5, 0.6) is 0 Å². The van der Waals surface area contributed by atoms with Gasteiger partial charge in [0.2, 0.25) is 0 Å². The van der Waals surface area contributed by atoms with Gasteiger partial charge < -0.3 is 20.6 Å². The lowest BCUT2D eigenvalue weighted by molar-refractivity contribution is 0.411. The van der Waals surface area contributed by atoms with E-state index in [1.165, 1.54) is 24.0 Å². The number of aromatic amines is 2. The Morgan fingerprint density at radius 3 is 2.00 bits per heavy atom. The molecule has 2 aliphatic rings. The zero-order valence-electron chi connectivity index (χ0n) is 19.0. The van der Waals surface area contributed by atoms with Crippen LogP contribution in [0.4, 0.5) is 0 Å². The van der Waals surface area contributed by atoms with Crippen molar-refractivity contribution in [3.05, 3.63) is 72.6 Å². The molecule has 0 spiro atoms. The van der Waals surface area contributed by atoms with Gasteiger partial charge in [-0.25, -0.2) is 9.97 Å². The first-order valence-corrected chi connectivity index (χ1v) is 12.0. The minimum atomic E-state index is -0.0387. The summed E-state index contributed by atoms with van der Waals surface area (Å²) in [5.74, 6) is 2.07. The van der Waals surface area contributed by atoms with Crippen LogP contribution in [0.25, 0.3) is 33.6 Å². The van der Waals surface area contributed by atoms with Crippen molar-refractivity contribution in [1.29, 1.82) is 0 Å². The minimum Gasteiger partial charge on any atom is -0.341 e. The van der Waals surface area contributed by atoms with E-state index in [9.17, 15) is 0 Å². The van der Waals surface area contributed by atoms with Crippen LogP contribution in [-0.2, 0) is 5.54 Å². The molecule has 33 heavy (non-hydrogen) atoms. The molecular weight excluding hydrogens is 408 g/mol. The Morgan fingerprint density at radius 1 is 0.758 bits per heavy atom. The lowest BCUT2D eigenvalue weighted by atomic mass is 10.00. The predicted octanol–water partition coefficient (Wildman–Crippen LogP) is 5.16. The lowest BCUT2D eigenvalue weighted by Crippen LogP contribution is -2.34. The maximum Gasteiger partial charge on any atom is 0.126 e. The fraction of sp³-hybridized carbons (Fsp3) is 0.333. The van der Waals surface area contributed by atoms with Gasteiger partial charge in [-0.2, -0.15) is 0 Å². The molecule has 0 saturated carbocycles. The van der Waals surface area contributed by atoms with Crippen molar-refractivity contribution in [3.63, 3.8) is 0 Å². The molecule has 6 nitrogen and oxygen atoms in total. The average molecular weight is 439 g/mol. The molecule has 2 saturated heterocycles. The van der Waals surface area contributed by atoms with Crippen LogP contribution < -0.4 is 10.6 Å². The highest BCUT2D eigenvalue weighted by molar-refractivity contribution is 5.71. The van der Waals surface area contributed by atoms with E-state index in [-0.39, 0.29) is 5.54 Å². The van der Waals surface area contributed by atoms with Gasteiger partial charge in [-0.3, -0.25) is 0 Å². The topological polar surface area (TPSA) is 81.4 Å². The normalized spacial score (nSPS) is 22.8. The lowest BCUT2D eigenvalue weighted by Gasteiger charge is -2.21. The fourth-order valence-corrected chi connectivity index (χ4v) is 5.11. The molecular formula is C27H30N6. The highest BCUT2D eigenvalue weighted by Crippen LogP contribution is 2.31. The predicted molar refractivity (Wildman–Crippen MR) is 132 cm³/mol. The van der Waals surface area contributed by atoms with Crippen LogP contribution in [0.1, 0.15) is 50.3 Å². The zero-order chi connectivity index (χ0) is 22.3. The summed E-state index contributed by atoms with van der Waals surface area (Å²) in [6.45, 7) is 4.36. The van der Waals surface area contributed by atoms with E-state index in [0.717, 1.165) is 60.1 Å². The molecule has 2 atom stereocenters. The summed E-state index contributed by atoms with van der Waals surface area (Å²) in [7, 11) is 0. The molecule has 0 bridgehead atoms. The van der Waals surface area contributed by atoms with E-state index in [0.29, 0.717) is 6.04 Å². The van der Waals surface area contributed by atoms with Gasteiger partial charge in [-0.1, -0.05) is 48.5 Å². The van der Waals surface area contributed by atoms with Gasteiger partial charge in [0.25, 0.3) is 0 Å². The largest absolute Gasteiger partial charge is 0.341 e. The quantitative estimate of drug-likeness (QED) is 0.347. The molecule has 4 heterocycles. The number of benzene rings is 2. The molecule has 4 N–H and O–H groups in total. The highest BCUT2D eigenvalue weighted by Gasteiger charge is 2.32. The third-order valence-electron chi connectivity index (χ3n) is 7.18. The number of hydrogen-bond donors (Lipinski definition) is 4. The van der Waals surface area contributed by atoms with E-state index in [1.807, 2.05) is 12.4 Å². The first-order chi connectivity index (χ1) is 16.2. The number of nitrogens with zero attached hydrogens (tertiary/aromatic N) is 2. The number of hydrogen-bond acceptors (Lipinski definition) is 4. The molecule has 2 aromatic heterocycles. The standard InChI is InChI=1S/C27H30N6/c1-27(13-3-15-31-27)26-30-17-24(33-26)21-11-7-19(8-12-21)18-5-9-20(10-6-18)23-16-29-25(32-23)22-4-2-14-28-22/h5-12,16-17,22,28,31H,2-4,13-15H2,1H3,(H,29,32)(H,30,33)/t22?,27-/m0/s1. The van der Waals surface area contributed by atoms with Gasteiger partial charge in [-0.05, 0) is 68.0 Å². The average Bonchev–Trinajstić information content (AvgIpc) is 3.66. The molecule has 6 rings (SSSR count). The molecule has 0 aliphatic carbocycles. The third kappa shape index (κ3) is 3.90. The Balaban J connectivity index is 1.18. The number of aromatic nitrogens is 4. The van der Waals surface area contributed by atoms with E-state index < -0.39 is 0 Å². The Morgan fingerprint density at radius 2 is 1.39 bits per heavy atom. The van der Waals surface area contributed by atoms with Crippen LogP contribution >= 0.6 is 0 Å². The number of rotatable bonds is 5. The Labute approximate surface area is 194 Å². The second-order valence-electron chi connectivity index (χ2n) is 9.49. The maximum atomic E-state index is 4.66. The number of imidazole rings is 2. The molecule has 2 aromatic carbocycles. The van der Waals surface area contributed by atoms with Crippen molar-refractivity contribution < 1.29 is 0 Å². The smallest absolute Gasteiger partial charge is 0.126 e. The molecule has 0 amide bonds. The Bertz CT molecular complexity index is 1220. The van der Waals surface area contributed by atoms with Crippen molar-refractivity contribution in [2.24, 2.45) is 0 Å². The van der Waals surface area contributed by atoms with Gasteiger partial charge in [0.1, 0.15) is 11.6 Å². The van der Waals surface area contributed by atoms with Crippen molar-refractivity contribution in [2.45, 2.75) is 44.2 Å². The van der Waals surface area contributed by atoms with Crippen LogP contribution in [-0.4, -0.2) is 33.0 Å². The van der Waals surface area contributed by atoms with Crippen molar-refractivity contribution in [1.82, 2.24) is 30.6 Å². The van der Waals surface area contributed by atoms with Crippen LogP contribution in [0.3, 0.4) is 0 Å². The van der Waals surface area contributed by atoms with Crippen LogP contribution in [0, 0.1) is 0 Å². The van der Waals surface area contributed by atoms with E-state index in [4.69, 9.17) is 0 Å². The first kappa shape index (κ1) is 20.4. The summed E-state index contributed by atoms with van der Waals surface area (Å²) in [5.41, 5.74) is 6.82. The maximum absolute atomic E-state index is 4.66. The third-order valence-corrected chi connectivity index (χ3v) is 7.18. The molecule has 1 unspecified atom stereocenters. The number of H-pyrrole nitrogens is 2. The summed E-state index contributed by atoms with van der Waals surface area (Å²) >= 11 is 0. The van der Waals surface area contributed by atoms with Gasteiger partial charge in [-0.15, -0.1) is 0 Å². The van der Waals surface area contributed by atoms with E-state index >= 15 is 0 Å². The molecule has 168 valence electrons. The molecule has 0 radical (unpaired) electrons. The SMILES string of the molecule is C[C@@]1(c2ncc(-c3ccc(-c4ccc(-c5cnc(C6CCCN6)[nH]5)cc4)cc3)[nH]2)CCCN1. The first-order valence-electron chi connectivity index (χ1n) is 12.0. The summed E-state index contributed by atoms with van der Waals surface area (Å²) in [6.07, 6.45) is 8.57. The van der Waals surface area contributed by atoms with Gasteiger partial charge in [0.15, 0.2) is 0 Å². The second kappa shape index (κ2) is 8.28. The van der Waals surface area contributed by atoms with Gasteiger partial charge in [0.05, 0.1) is 35.4 Å². The van der Waals surface area contributed by atoms with Crippen molar-refractivity contribution >= 4 is 0 Å². The van der Waals surface area contributed by atoms with Crippen LogP contribution in [0.15, 0.2) is 60.9 Å². The second-order valence-corrected chi connectivity index (χ2v) is 9.49. The van der Waals surface area contributed by atoms with Gasteiger partial charge >= 0.3 is 0 Å². The van der Waals surface area contributed by atoms with Crippen LogP contribution in [0.2, 0.25) is 0 Å². The molecule has 2 fully saturated rings.